The predicted molar refractivity (Wildman–Crippen MR) is 138 cm³/mol. The molecule has 3 N–H and O–H groups in total. The number of phenolic OH excluding ortho intramolecular Hbond substituents is 2. The van der Waals surface area contributed by atoms with Crippen molar-refractivity contribution < 1.29 is 34.4 Å². The van der Waals surface area contributed by atoms with Crippen molar-refractivity contribution in [1.29, 1.82) is 0 Å². The van der Waals surface area contributed by atoms with Crippen molar-refractivity contribution in [2.75, 3.05) is 7.11 Å². The van der Waals surface area contributed by atoms with E-state index in [1.807, 2.05) is 6.92 Å². The van der Waals surface area contributed by atoms with Gasteiger partial charge in [0.15, 0.2) is 5.78 Å². The van der Waals surface area contributed by atoms with Gasteiger partial charge in [0, 0.05) is 23.1 Å². The van der Waals surface area contributed by atoms with Crippen LogP contribution in [0.3, 0.4) is 0 Å². The van der Waals surface area contributed by atoms with Crippen molar-refractivity contribution in [1.82, 2.24) is 0 Å². The molecule has 1 fully saturated rings. The van der Waals surface area contributed by atoms with E-state index in [2.05, 4.69) is 20.8 Å². The summed E-state index contributed by atoms with van der Waals surface area (Å²) in [7, 11) is 1.42. The summed E-state index contributed by atoms with van der Waals surface area (Å²) in [6.45, 7) is 8.35. The molecule has 37 heavy (non-hydrogen) atoms. The van der Waals surface area contributed by atoms with Gasteiger partial charge in [-0.2, -0.15) is 0 Å². The number of aromatic hydroxyl groups is 2. The molecule has 2 aromatic carbocycles. The largest absolute Gasteiger partial charge is 0.507 e. The lowest BCUT2D eigenvalue weighted by Gasteiger charge is -2.43. The quantitative estimate of drug-likeness (QED) is 0.430. The van der Waals surface area contributed by atoms with Crippen molar-refractivity contribution in [3.8, 4) is 17.2 Å². The molecule has 7 heteroatoms. The number of rotatable bonds is 4. The average molecular weight is 509 g/mol. The van der Waals surface area contributed by atoms with Crippen LogP contribution in [0.1, 0.15) is 102 Å². The zero-order valence-electron chi connectivity index (χ0n) is 22.1. The Kier molecular flexibility index (Phi) is 6.35. The molecule has 5 rings (SSSR count). The highest BCUT2D eigenvalue weighted by Crippen LogP contribution is 2.53. The van der Waals surface area contributed by atoms with Crippen LogP contribution >= 0.6 is 0 Å². The Morgan fingerprint density at radius 3 is 2.41 bits per heavy atom. The second-order valence-corrected chi connectivity index (χ2v) is 11.3. The minimum absolute atomic E-state index is 0.0792. The fourth-order valence-electron chi connectivity index (χ4n) is 6.71. The van der Waals surface area contributed by atoms with Gasteiger partial charge in [-0.1, -0.05) is 32.9 Å². The molecule has 0 bridgehead atoms. The molecule has 0 amide bonds. The van der Waals surface area contributed by atoms with Crippen molar-refractivity contribution in [3.05, 3.63) is 51.6 Å². The Morgan fingerprint density at radius 1 is 1.05 bits per heavy atom. The molecular weight excluding hydrogens is 472 g/mol. The van der Waals surface area contributed by atoms with Gasteiger partial charge in [-0.15, -0.1) is 0 Å². The molecule has 0 radical (unpaired) electrons. The molecule has 0 spiro atoms. The summed E-state index contributed by atoms with van der Waals surface area (Å²) in [6, 6.07) is 4.73. The van der Waals surface area contributed by atoms with E-state index in [1.165, 1.54) is 13.2 Å². The first-order valence-electron chi connectivity index (χ1n) is 13.3. The number of hydrogen-bond donors (Lipinski definition) is 3. The SMILES string of the molecule is CC[C@]1(O)Cc2c(O)c3c(c(O)c2[C@@H](C[C@H]2CC(C)[C@H](C)C(C)O2)C1)C(=O)c1c(OC)cccc1C3=O. The molecule has 3 aliphatic rings. The van der Waals surface area contributed by atoms with Gasteiger partial charge in [0.25, 0.3) is 0 Å². The molecule has 1 aliphatic heterocycles. The molecule has 0 aromatic heterocycles. The molecule has 2 aromatic rings. The normalized spacial score (nSPS) is 30.9. The molecular formula is C30H36O7. The fraction of sp³-hybridized carbons (Fsp3) is 0.533. The van der Waals surface area contributed by atoms with Crippen LogP contribution in [0.4, 0.5) is 0 Å². The monoisotopic (exact) mass is 508 g/mol. The van der Waals surface area contributed by atoms with Gasteiger partial charge in [0.05, 0.1) is 41.6 Å². The standard InChI is InChI=1S/C30H36O7/c1-6-30(35)12-17(11-18-10-14(2)15(3)16(4)37-18)22-20(13-30)27(32)24-25(28(22)33)29(34)23-19(26(24)31)8-7-9-21(23)36-5/h7-9,14-18,32-33,35H,6,10-13H2,1-5H3/t14?,15-,16?,17-,18+,30+/m0/s1. The molecule has 198 valence electrons. The third-order valence-electron chi connectivity index (χ3n) is 9.19. The number of aliphatic hydroxyl groups is 1. The number of hydrogen-bond acceptors (Lipinski definition) is 7. The number of carbonyl (C=O) groups excluding carboxylic acids is 2. The minimum atomic E-state index is -1.11. The predicted octanol–water partition coefficient (Wildman–Crippen LogP) is 4.89. The Labute approximate surface area is 217 Å². The number of phenols is 2. The van der Waals surface area contributed by atoms with E-state index in [-0.39, 0.29) is 64.0 Å². The van der Waals surface area contributed by atoms with E-state index in [1.54, 1.807) is 12.1 Å². The number of ether oxygens (including phenoxy) is 2. The summed E-state index contributed by atoms with van der Waals surface area (Å²) >= 11 is 0. The van der Waals surface area contributed by atoms with Gasteiger partial charge in [0.2, 0.25) is 5.78 Å². The molecule has 6 atom stereocenters. The molecule has 7 nitrogen and oxygen atoms in total. The lowest BCUT2D eigenvalue weighted by atomic mass is 9.67. The van der Waals surface area contributed by atoms with Gasteiger partial charge >= 0.3 is 0 Å². The summed E-state index contributed by atoms with van der Waals surface area (Å²) in [5.41, 5.74) is -0.515. The summed E-state index contributed by atoms with van der Waals surface area (Å²) in [5, 5.41) is 34.5. The fourth-order valence-corrected chi connectivity index (χ4v) is 6.71. The number of ketones is 2. The highest BCUT2D eigenvalue weighted by Gasteiger charge is 2.46. The number of carbonyl (C=O) groups is 2. The molecule has 2 unspecified atom stereocenters. The maximum absolute atomic E-state index is 13.7. The van der Waals surface area contributed by atoms with Gasteiger partial charge < -0.3 is 24.8 Å². The van der Waals surface area contributed by atoms with Crippen molar-refractivity contribution in [2.24, 2.45) is 11.8 Å². The zero-order valence-corrected chi connectivity index (χ0v) is 22.1. The Hall–Kier alpha value is -2.90. The van der Waals surface area contributed by atoms with Gasteiger partial charge in [-0.25, -0.2) is 0 Å². The first kappa shape index (κ1) is 25.7. The second kappa shape index (κ2) is 9.14. The van der Waals surface area contributed by atoms with E-state index in [9.17, 15) is 24.9 Å². The highest BCUT2D eigenvalue weighted by atomic mass is 16.5. The second-order valence-electron chi connectivity index (χ2n) is 11.3. The van der Waals surface area contributed by atoms with Gasteiger partial charge in [-0.3, -0.25) is 9.59 Å². The van der Waals surface area contributed by atoms with Crippen molar-refractivity contribution in [2.45, 2.75) is 83.5 Å². The van der Waals surface area contributed by atoms with Gasteiger partial charge in [0.1, 0.15) is 17.2 Å². The summed E-state index contributed by atoms with van der Waals surface area (Å²) in [4.78, 5) is 27.3. The lowest BCUT2D eigenvalue weighted by Crippen LogP contribution is -2.41. The maximum Gasteiger partial charge on any atom is 0.202 e. The van der Waals surface area contributed by atoms with Gasteiger partial charge in [-0.05, 0) is 56.4 Å². The van der Waals surface area contributed by atoms with Crippen LogP contribution in [-0.4, -0.2) is 51.8 Å². The van der Waals surface area contributed by atoms with Crippen molar-refractivity contribution in [3.63, 3.8) is 0 Å². The van der Waals surface area contributed by atoms with Crippen LogP contribution < -0.4 is 4.74 Å². The third-order valence-corrected chi connectivity index (χ3v) is 9.19. The van der Waals surface area contributed by atoms with E-state index >= 15 is 0 Å². The van der Waals surface area contributed by atoms with Crippen LogP contribution in [-0.2, 0) is 11.2 Å². The van der Waals surface area contributed by atoms with Crippen LogP contribution in [0.5, 0.6) is 17.2 Å². The molecule has 1 saturated heterocycles. The number of benzene rings is 2. The summed E-state index contributed by atoms with van der Waals surface area (Å²) < 4.78 is 11.7. The Morgan fingerprint density at radius 2 is 1.76 bits per heavy atom. The summed E-state index contributed by atoms with van der Waals surface area (Å²) in [5.74, 6) is -0.961. The first-order valence-corrected chi connectivity index (χ1v) is 13.3. The van der Waals surface area contributed by atoms with Crippen molar-refractivity contribution >= 4 is 11.6 Å². The van der Waals surface area contributed by atoms with Crippen LogP contribution in [0.15, 0.2) is 18.2 Å². The molecule has 0 saturated carbocycles. The highest BCUT2D eigenvalue weighted by molar-refractivity contribution is 6.31. The summed E-state index contributed by atoms with van der Waals surface area (Å²) in [6.07, 6.45) is 2.27. The zero-order chi connectivity index (χ0) is 26.8. The number of methoxy groups -OCH3 is 1. The maximum atomic E-state index is 13.7. The van der Waals surface area contributed by atoms with E-state index in [0.29, 0.717) is 42.2 Å². The topological polar surface area (TPSA) is 113 Å². The molecule has 2 aliphatic carbocycles. The number of fused-ring (bicyclic) bond motifs is 3. The average Bonchev–Trinajstić information content (AvgIpc) is 2.87. The first-order chi connectivity index (χ1) is 17.5. The van der Waals surface area contributed by atoms with E-state index in [4.69, 9.17) is 9.47 Å². The van der Waals surface area contributed by atoms with Crippen LogP contribution in [0.2, 0.25) is 0 Å². The van der Waals surface area contributed by atoms with Crippen LogP contribution in [0.25, 0.3) is 0 Å². The van der Waals surface area contributed by atoms with E-state index in [0.717, 1.165) is 6.42 Å². The minimum Gasteiger partial charge on any atom is -0.507 e. The lowest BCUT2D eigenvalue weighted by molar-refractivity contribution is -0.0997. The Balaban J connectivity index is 1.66. The van der Waals surface area contributed by atoms with Crippen LogP contribution in [0, 0.1) is 11.8 Å². The van der Waals surface area contributed by atoms with E-state index < -0.39 is 17.2 Å². The third kappa shape index (κ3) is 3.94. The Bertz CT molecular complexity index is 1270. The molecule has 1 heterocycles. The smallest absolute Gasteiger partial charge is 0.202 e.